The van der Waals surface area contributed by atoms with Gasteiger partial charge in [0.1, 0.15) is 0 Å². The second-order valence-corrected chi connectivity index (χ2v) is 6.34. The predicted molar refractivity (Wildman–Crippen MR) is 93.7 cm³/mol. The molecule has 0 atom stereocenters. The van der Waals surface area contributed by atoms with Crippen molar-refractivity contribution in [2.45, 2.75) is 18.8 Å². The molecule has 0 bridgehead atoms. The van der Waals surface area contributed by atoms with Crippen molar-refractivity contribution < 1.29 is 0 Å². The van der Waals surface area contributed by atoms with Crippen LogP contribution in [0.25, 0.3) is 0 Å². The SMILES string of the molecule is Nc1ncc(N2CCN(c3cccc(C4CC4)c3)CC2)c(N)n1. The van der Waals surface area contributed by atoms with Crippen LogP contribution >= 0.6 is 0 Å². The topological polar surface area (TPSA) is 84.3 Å². The molecule has 2 aromatic rings. The van der Waals surface area contributed by atoms with Crippen molar-refractivity contribution in [3.05, 3.63) is 36.0 Å². The fourth-order valence-corrected chi connectivity index (χ4v) is 3.24. The molecule has 1 saturated carbocycles. The Labute approximate surface area is 136 Å². The molecule has 2 heterocycles. The Kier molecular flexibility index (Phi) is 3.44. The third kappa shape index (κ3) is 2.88. The minimum Gasteiger partial charge on any atom is -0.382 e. The summed E-state index contributed by atoms with van der Waals surface area (Å²) in [6.45, 7) is 3.76. The molecule has 4 N–H and O–H groups in total. The van der Waals surface area contributed by atoms with Gasteiger partial charge in [0.2, 0.25) is 5.95 Å². The van der Waals surface area contributed by atoms with Gasteiger partial charge in [-0.2, -0.15) is 4.98 Å². The number of anilines is 4. The van der Waals surface area contributed by atoms with Crippen LogP contribution < -0.4 is 21.3 Å². The van der Waals surface area contributed by atoms with E-state index in [1.54, 1.807) is 6.20 Å². The second-order valence-electron chi connectivity index (χ2n) is 6.34. The average Bonchev–Trinajstić information content (AvgIpc) is 3.40. The van der Waals surface area contributed by atoms with E-state index in [2.05, 4.69) is 44.0 Å². The molecule has 0 amide bonds. The highest BCUT2D eigenvalue weighted by Crippen LogP contribution is 2.41. The van der Waals surface area contributed by atoms with Gasteiger partial charge in [0.15, 0.2) is 5.82 Å². The molecule has 6 heteroatoms. The van der Waals surface area contributed by atoms with E-state index in [1.165, 1.54) is 24.1 Å². The quantitative estimate of drug-likeness (QED) is 0.900. The van der Waals surface area contributed by atoms with Crippen molar-refractivity contribution in [3.63, 3.8) is 0 Å². The van der Waals surface area contributed by atoms with Crippen molar-refractivity contribution in [1.29, 1.82) is 0 Å². The van der Waals surface area contributed by atoms with E-state index in [9.17, 15) is 0 Å². The predicted octanol–water partition coefficient (Wildman–Crippen LogP) is 1.84. The number of rotatable bonds is 3. The molecule has 120 valence electrons. The Morgan fingerprint density at radius 3 is 2.43 bits per heavy atom. The molecule has 2 fully saturated rings. The van der Waals surface area contributed by atoms with Gasteiger partial charge in [0, 0.05) is 31.9 Å². The average molecular weight is 310 g/mol. The van der Waals surface area contributed by atoms with Crippen LogP contribution in [0.3, 0.4) is 0 Å². The molecule has 6 nitrogen and oxygen atoms in total. The van der Waals surface area contributed by atoms with Gasteiger partial charge in [-0.25, -0.2) is 4.98 Å². The number of nitrogens with two attached hydrogens (primary N) is 2. The number of nitrogens with zero attached hydrogens (tertiary/aromatic N) is 4. The molecule has 2 aliphatic rings. The highest BCUT2D eigenvalue weighted by Gasteiger charge is 2.25. The summed E-state index contributed by atoms with van der Waals surface area (Å²) >= 11 is 0. The third-order valence-corrected chi connectivity index (χ3v) is 4.72. The van der Waals surface area contributed by atoms with Gasteiger partial charge in [0.25, 0.3) is 0 Å². The zero-order valence-electron chi connectivity index (χ0n) is 13.2. The van der Waals surface area contributed by atoms with E-state index in [-0.39, 0.29) is 5.95 Å². The summed E-state index contributed by atoms with van der Waals surface area (Å²) in [6, 6.07) is 9.00. The molecule has 1 aliphatic carbocycles. The Morgan fingerprint density at radius 1 is 1.00 bits per heavy atom. The monoisotopic (exact) mass is 310 g/mol. The molecule has 4 rings (SSSR count). The fraction of sp³-hybridized carbons (Fsp3) is 0.412. The Hall–Kier alpha value is -2.50. The van der Waals surface area contributed by atoms with Gasteiger partial charge in [0.05, 0.1) is 11.9 Å². The molecule has 1 aromatic carbocycles. The lowest BCUT2D eigenvalue weighted by Crippen LogP contribution is -2.46. The van der Waals surface area contributed by atoms with Gasteiger partial charge >= 0.3 is 0 Å². The lowest BCUT2D eigenvalue weighted by molar-refractivity contribution is 0.652. The Bertz CT molecular complexity index is 704. The number of piperazine rings is 1. The van der Waals surface area contributed by atoms with Gasteiger partial charge in [-0.05, 0) is 36.5 Å². The summed E-state index contributed by atoms with van der Waals surface area (Å²) in [6.07, 6.45) is 4.41. The summed E-state index contributed by atoms with van der Waals surface area (Å²) in [4.78, 5) is 12.8. The minimum atomic E-state index is 0.224. The van der Waals surface area contributed by atoms with Crippen LogP contribution in [0, 0.1) is 0 Å². The fourth-order valence-electron chi connectivity index (χ4n) is 3.24. The van der Waals surface area contributed by atoms with E-state index in [0.717, 1.165) is 37.8 Å². The largest absolute Gasteiger partial charge is 0.382 e. The Morgan fingerprint density at radius 2 is 1.74 bits per heavy atom. The van der Waals surface area contributed by atoms with Crippen molar-refractivity contribution in [3.8, 4) is 0 Å². The summed E-state index contributed by atoms with van der Waals surface area (Å²) in [5, 5.41) is 0. The molecule has 1 aromatic heterocycles. The van der Waals surface area contributed by atoms with Crippen LogP contribution in [0.15, 0.2) is 30.5 Å². The van der Waals surface area contributed by atoms with Crippen molar-refractivity contribution in [2.24, 2.45) is 0 Å². The van der Waals surface area contributed by atoms with Gasteiger partial charge in [-0.15, -0.1) is 0 Å². The van der Waals surface area contributed by atoms with Gasteiger partial charge in [-0.1, -0.05) is 12.1 Å². The lowest BCUT2D eigenvalue weighted by atomic mass is 10.1. The zero-order valence-corrected chi connectivity index (χ0v) is 13.2. The van der Waals surface area contributed by atoms with Gasteiger partial charge in [-0.3, -0.25) is 0 Å². The first kappa shape index (κ1) is 14.1. The van der Waals surface area contributed by atoms with Crippen molar-refractivity contribution >= 4 is 23.1 Å². The summed E-state index contributed by atoms with van der Waals surface area (Å²) in [5.41, 5.74) is 15.2. The summed E-state index contributed by atoms with van der Waals surface area (Å²) in [5.74, 6) is 1.48. The summed E-state index contributed by atoms with van der Waals surface area (Å²) < 4.78 is 0. The Balaban J connectivity index is 1.45. The van der Waals surface area contributed by atoms with Crippen LogP contribution in [-0.2, 0) is 0 Å². The molecule has 0 spiro atoms. The number of benzene rings is 1. The first-order chi connectivity index (χ1) is 11.2. The highest BCUT2D eigenvalue weighted by atomic mass is 15.3. The van der Waals surface area contributed by atoms with Gasteiger partial charge < -0.3 is 21.3 Å². The molecule has 0 unspecified atom stereocenters. The maximum absolute atomic E-state index is 5.97. The first-order valence-corrected chi connectivity index (χ1v) is 8.18. The van der Waals surface area contributed by atoms with Crippen LogP contribution in [0.1, 0.15) is 24.3 Å². The van der Waals surface area contributed by atoms with Crippen LogP contribution in [0.5, 0.6) is 0 Å². The van der Waals surface area contributed by atoms with E-state index in [0.29, 0.717) is 5.82 Å². The smallest absolute Gasteiger partial charge is 0.222 e. The van der Waals surface area contributed by atoms with Crippen LogP contribution in [0.2, 0.25) is 0 Å². The van der Waals surface area contributed by atoms with Crippen molar-refractivity contribution in [2.75, 3.05) is 47.4 Å². The molecule has 0 radical (unpaired) electrons. The van der Waals surface area contributed by atoms with Crippen molar-refractivity contribution in [1.82, 2.24) is 9.97 Å². The first-order valence-electron chi connectivity index (χ1n) is 8.18. The standard InChI is InChI=1S/C17H22N6/c18-16-15(11-20-17(19)21-16)23-8-6-22(7-9-23)14-3-1-2-13(10-14)12-4-5-12/h1-3,10-12H,4-9H2,(H4,18,19,20,21). The molecular weight excluding hydrogens is 288 g/mol. The number of hydrogen-bond donors (Lipinski definition) is 2. The maximum atomic E-state index is 5.97. The highest BCUT2D eigenvalue weighted by molar-refractivity contribution is 5.64. The van der Waals surface area contributed by atoms with E-state index in [1.807, 2.05) is 0 Å². The third-order valence-electron chi connectivity index (χ3n) is 4.72. The maximum Gasteiger partial charge on any atom is 0.222 e. The van der Waals surface area contributed by atoms with Crippen LogP contribution in [-0.4, -0.2) is 36.1 Å². The molecule has 1 aliphatic heterocycles. The molecular formula is C17H22N6. The van der Waals surface area contributed by atoms with E-state index in [4.69, 9.17) is 11.5 Å². The number of nitrogen functional groups attached to an aromatic ring is 2. The number of hydrogen-bond acceptors (Lipinski definition) is 6. The molecule has 23 heavy (non-hydrogen) atoms. The van der Waals surface area contributed by atoms with Crippen LogP contribution in [0.4, 0.5) is 23.1 Å². The molecule has 1 saturated heterocycles. The van der Waals surface area contributed by atoms with E-state index < -0.39 is 0 Å². The number of aromatic nitrogens is 2. The minimum absolute atomic E-state index is 0.224. The van der Waals surface area contributed by atoms with E-state index >= 15 is 0 Å². The summed E-state index contributed by atoms with van der Waals surface area (Å²) in [7, 11) is 0. The second kappa shape index (κ2) is 5.61. The lowest BCUT2D eigenvalue weighted by Gasteiger charge is -2.37. The normalized spacial score (nSPS) is 18.3. The zero-order chi connectivity index (χ0) is 15.8.